The maximum atomic E-state index is 5.81. The first-order chi connectivity index (χ1) is 8.60. The van der Waals surface area contributed by atoms with Gasteiger partial charge in [-0.1, -0.05) is 0 Å². The highest BCUT2D eigenvalue weighted by Gasteiger charge is 2.08. The average molecular weight is 346 g/mol. The molecule has 0 spiro atoms. The molecular formula is C13H14BrClN2S. The first-order valence-corrected chi connectivity index (χ1v) is 7.76. The molecule has 0 amide bonds. The molecule has 0 radical (unpaired) electrons. The Kier molecular flexibility index (Phi) is 4.65. The van der Waals surface area contributed by atoms with Gasteiger partial charge in [-0.05, 0) is 57.1 Å². The first kappa shape index (κ1) is 13.8. The predicted molar refractivity (Wildman–Crippen MR) is 82.7 cm³/mol. The Bertz CT molecular complexity index is 542. The van der Waals surface area contributed by atoms with Gasteiger partial charge in [-0.2, -0.15) is 0 Å². The summed E-state index contributed by atoms with van der Waals surface area (Å²) in [7, 11) is 2.06. The number of hydrogen-bond acceptors (Lipinski definition) is 3. The van der Waals surface area contributed by atoms with Crippen LogP contribution in [0.3, 0.4) is 0 Å². The molecule has 0 saturated carbocycles. The summed E-state index contributed by atoms with van der Waals surface area (Å²) in [5.74, 6) is 1.51. The molecule has 2 heterocycles. The number of hydrogen-bond donors (Lipinski definition) is 0. The Hall–Kier alpha value is -0.580. The van der Waals surface area contributed by atoms with E-state index in [0.29, 0.717) is 5.88 Å². The van der Waals surface area contributed by atoms with Crippen LogP contribution in [0.15, 0.2) is 27.5 Å². The number of pyridine rings is 1. The van der Waals surface area contributed by atoms with Crippen molar-refractivity contribution in [1.82, 2.24) is 4.98 Å². The summed E-state index contributed by atoms with van der Waals surface area (Å²) in [5, 5.41) is 2.16. The highest BCUT2D eigenvalue weighted by Crippen LogP contribution is 2.24. The van der Waals surface area contributed by atoms with Crippen LogP contribution in [-0.2, 0) is 12.4 Å². The lowest BCUT2D eigenvalue weighted by Gasteiger charge is -2.19. The zero-order chi connectivity index (χ0) is 13.1. The fourth-order valence-electron chi connectivity index (χ4n) is 1.88. The van der Waals surface area contributed by atoms with E-state index >= 15 is 0 Å². The number of aromatic nitrogens is 1. The van der Waals surface area contributed by atoms with E-state index in [-0.39, 0.29) is 0 Å². The Balaban J connectivity index is 2.15. The summed E-state index contributed by atoms with van der Waals surface area (Å²) in [6.07, 6.45) is 1.84. The Morgan fingerprint density at radius 1 is 1.39 bits per heavy atom. The summed E-state index contributed by atoms with van der Waals surface area (Å²) in [5.41, 5.74) is 3.51. The molecule has 2 rings (SSSR count). The maximum absolute atomic E-state index is 5.81. The summed E-state index contributed by atoms with van der Waals surface area (Å²) in [6.45, 7) is 2.93. The van der Waals surface area contributed by atoms with Gasteiger partial charge in [-0.3, -0.25) is 0 Å². The molecule has 18 heavy (non-hydrogen) atoms. The van der Waals surface area contributed by atoms with E-state index in [0.717, 1.165) is 27.3 Å². The Labute approximate surface area is 125 Å². The summed E-state index contributed by atoms with van der Waals surface area (Å²) in [6, 6.07) is 4.24. The SMILES string of the molecule is Cc1cc(CCl)cnc1N(C)Cc1csc(Br)c1. The first-order valence-electron chi connectivity index (χ1n) is 5.55. The third-order valence-corrected chi connectivity index (χ3v) is 4.53. The molecule has 0 atom stereocenters. The van der Waals surface area contributed by atoms with Crippen LogP contribution in [0, 0.1) is 6.92 Å². The van der Waals surface area contributed by atoms with E-state index in [2.05, 4.69) is 57.3 Å². The van der Waals surface area contributed by atoms with Crippen LogP contribution in [-0.4, -0.2) is 12.0 Å². The van der Waals surface area contributed by atoms with Gasteiger partial charge in [-0.15, -0.1) is 22.9 Å². The van der Waals surface area contributed by atoms with Crippen LogP contribution in [0.5, 0.6) is 0 Å². The molecule has 0 saturated heterocycles. The Morgan fingerprint density at radius 3 is 2.72 bits per heavy atom. The second-order valence-corrected chi connectivity index (χ2v) is 6.79. The average Bonchev–Trinajstić information content (AvgIpc) is 2.74. The minimum atomic E-state index is 0.509. The molecule has 2 aromatic rings. The number of alkyl halides is 1. The summed E-state index contributed by atoms with van der Waals surface area (Å²) in [4.78, 5) is 6.64. The number of nitrogens with zero attached hydrogens (tertiary/aromatic N) is 2. The molecule has 96 valence electrons. The lowest BCUT2D eigenvalue weighted by Crippen LogP contribution is -2.18. The number of aryl methyl sites for hydroxylation is 1. The van der Waals surface area contributed by atoms with Gasteiger partial charge in [0.1, 0.15) is 5.82 Å². The van der Waals surface area contributed by atoms with E-state index in [9.17, 15) is 0 Å². The molecule has 0 fully saturated rings. The lowest BCUT2D eigenvalue weighted by molar-refractivity contribution is 0.892. The van der Waals surface area contributed by atoms with Gasteiger partial charge in [0.15, 0.2) is 0 Å². The van der Waals surface area contributed by atoms with Crippen LogP contribution >= 0.6 is 38.9 Å². The van der Waals surface area contributed by atoms with E-state index in [4.69, 9.17) is 11.6 Å². The second kappa shape index (κ2) is 6.04. The van der Waals surface area contributed by atoms with E-state index in [1.54, 1.807) is 11.3 Å². The van der Waals surface area contributed by atoms with Gasteiger partial charge in [0, 0.05) is 25.7 Å². The van der Waals surface area contributed by atoms with Crippen LogP contribution in [0.25, 0.3) is 0 Å². The summed E-state index contributed by atoms with van der Waals surface area (Å²) < 4.78 is 1.16. The van der Waals surface area contributed by atoms with Crippen LogP contribution in [0.4, 0.5) is 5.82 Å². The standard InChI is InChI=1S/C13H14BrClN2S/c1-9-3-10(5-15)6-16-13(9)17(2)7-11-4-12(14)18-8-11/h3-4,6,8H,5,7H2,1-2H3. The zero-order valence-corrected chi connectivity index (χ0v) is 13.4. The molecule has 2 aromatic heterocycles. The number of rotatable bonds is 4. The number of anilines is 1. The minimum absolute atomic E-state index is 0.509. The van der Waals surface area contributed by atoms with Crippen LogP contribution in [0.2, 0.25) is 0 Å². The van der Waals surface area contributed by atoms with Crippen molar-refractivity contribution < 1.29 is 0 Å². The molecule has 0 unspecified atom stereocenters. The maximum Gasteiger partial charge on any atom is 0.131 e. The van der Waals surface area contributed by atoms with Gasteiger partial charge in [0.2, 0.25) is 0 Å². The molecule has 0 bridgehead atoms. The van der Waals surface area contributed by atoms with Crippen molar-refractivity contribution in [3.8, 4) is 0 Å². The quantitative estimate of drug-likeness (QED) is 0.753. The van der Waals surface area contributed by atoms with Gasteiger partial charge >= 0.3 is 0 Å². The zero-order valence-electron chi connectivity index (χ0n) is 10.3. The molecule has 0 aliphatic carbocycles. The topological polar surface area (TPSA) is 16.1 Å². The Morgan fingerprint density at radius 2 is 2.17 bits per heavy atom. The molecular weight excluding hydrogens is 332 g/mol. The highest BCUT2D eigenvalue weighted by molar-refractivity contribution is 9.11. The number of thiophene rings is 1. The van der Waals surface area contributed by atoms with E-state index in [1.807, 2.05) is 6.20 Å². The van der Waals surface area contributed by atoms with Crippen molar-refractivity contribution in [2.45, 2.75) is 19.3 Å². The molecule has 0 aliphatic heterocycles. The monoisotopic (exact) mass is 344 g/mol. The predicted octanol–water partition coefficient (Wildman–Crippen LogP) is 4.59. The van der Waals surface area contributed by atoms with Crippen LogP contribution < -0.4 is 4.90 Å². The summed E-state index contributed by atoms with van der Waals surface area (Å²) >= 11 is 11.0. The van der Waals surface area contributed by atoms with Gasteiger partial charge in [0.05, 0.1) is 3.79 Å². The number of halogens is 2. The highest BCUT2D eigenvalue weighted by atomic mass is 79.9. The third kappa shape index (κ3) is 3.25. The van der Waals surface area contributed by atoms with Gasteiger partial charge in [0.25, 0.3) is 0 Å². The molecule has 0 aliphatic rings. The fraction of sp³-hybridized carbons (Fsp3) is 0.308. The molecule has 0 N–H and O–H groups in total. The fourth-order valence-corrected chi connectivity index (χ4v) is 3.22. The van der Waals surface area contributed by atoms with Crippen molar-refractivity contribution in [2.75, 3.05) is 11.9 Å². The lowest BCUT2D eigenvalue weighted by atomic mass is 10.2. The normalized spacial score (nSPS) is 10.7. The van der Waals surface area contributed by atoms with Gasteiger partial charge in [-0.25, -0.2) is 4.98 Å². The molecule has 0 aromatic carbocycles. The van der Waals surface area contributed by atoms with Gasteiger partial charge < -0.3 is 4.90 Å². The van der Waals surface area contributed by atoms with Crippen LogP contribution in [0.1, 0.15) is 16.7 Å². The third-order valence-electron chi connectivity index (χ3n) is 2.66. The van der Waals surface area contributed by atoms with E-state index in [1.165, 1.54) is 5.56 Å². The van der Waals surface area contributed by atoms with Crippen molar-refractivity contribution in [1.29, 1.82) is 0 Å². The molecule has 2 nitrogen and oxygen atoms in total. The second-order valence-electron chi connectivity index (χ2n) is 4.23. The van der Waals surface area contributed by atoms with Crippen molar-refractivity contribution >= 4 is 44.7 Å². The largest absolute Gasteiger partial charge is 0.355 e. The van der Waals surface area contributed by atoms with E-state index < -0.39 is 0 Å². The minimum Gasteiger partial charge on any atom is -0.355 e. The molecule has 5 heteroatoms. The van der Waals surface area contributed by atoms with Crippen molar-refractivity contribution in [3.63, 3.8) is 0 Å². The smallest absolute Gasteiger partial charge is 0.131 e. The van der Waals surface area contributed by atoms with Crippen molar-refractivity contribution in [2.24, 2.45) is 0 Å². The van der Waals surface area contributed by atoms with Crippen molar-refractivity contribution in [3.05, 3.63) is 44.2 Å².